The van der Waals surface area contributed by atoms with Gasteiger partial charge in [-0.2, -0.15) is 0 Å². The van der Waals surface area contributed by atoms with Gasteiger partial charge >= 0.3 is 0 Å². The Morgan fingerprint density at radius 2 is 2.07 bits per heavy atom. The van der Waals surface area contributed by atoms with Crippen LogP contribution in [0.15, 0.2) is 55.1 Å². The highest BCUT2D eigenvalue weighted by Gasteiger charge is 2.26. The average molecular weight is 374 g/mol. The summed E-state index contributed by atoms with van der Waals surface area (Å²) in [7, 11) is 0. The summed E-state index contributed by atoms with van der Waals surface area (Å²) in [6.07, 6.45) is 8.79. The number of nitrogens with one attached hydrogen (secondary N) is 1. The monoisotopic (exact) mass is 374 g/mol. The smallest absolute Gasteiger partial charge is 0.255 e. The summed E-state index contributed by atoms with van der Waals surface area (Å²) in [4.78, 5) is 32.0. The Morgan fingerprint density at radius 3 is 2.86 bits per heavy atom. The van der Waals surface area contributed by atoms with E-state index in [9.17, 15) is 4.79 Å². The van der Waals surface area contributed by atoms with E-state index in [0.717, 1.165) is 30.6 Å². The van der Waals surface area contributed by atoms with Crippen molar-refractivity contribution in [3.63, 3.8) is 0 Å². The van der Waals surface area contributed by atoms with Crippen molar-refractivity contribution < 1.29 is 4.79 Å². The van der Waals surface area contributed by atoms with E-state index in [0.29, 0.717) is 23.9 Å². The largest absolute Gasteiger partial charge is 0.338 e. The van der Waals surface area contributed by atoms with Gasteiger partial charge in [0, 0.05) is 43.8 Å². The number of aromatic nitrogens is 4. The maximum Gasteiger partial charge on any atom is 0.255 e. The van der Waals surface area contributed by atoms with Crippen molar-refractivity contribution >= 4 is 17.7 Å². The fourth-order valence-electron chi connectivity index (χ4n) is 3.39. The number of hydrogen-bond acceptors (Lipinski definition) is 6. The minimum absolute atomic E-state index is 0.0223. The Morgan fingerprint density at radius 1 is 1.14 bits per heavy atom. The summed E-state index contributed by atoms with van der Waals surface area (Å²) in [6, 6.07) is 9.41. The molecular weight excluding hydrogens is 352 g/mol. The Bertz CT molecular complexity index is 945. The molecule has 0 spiro atoms. The van der Waals surface area contributed by atoms with Crippen LogP contribution in [0.1, 0.15) is 40.4 Å². The van der Waals surface area contributed by atoms with Crippen LogP contribution < -0.4 is 5.32 Å². The van der Waals surface area contributed by atoms with Crippen molar-refractivity contribution in [1.82, 2.24) is 24.8 Å². The first-order valence-corrected chi connectivity index (χ1v) is 9.41. The lowest BCUT2D eigenvalue weighted by Crippen LogP contribution is -2.39. The number of amides is 1. The molecule has 0 radical (unpaired) electrons. The zero-order valence-electron chi connectivity index (χ0n) is 15.7. The first-order chi connectivity index (χ1) is 13.7. The lowest BCUT2D eigenvalue weighted by Gasteiger charge is -2.32. The fourth-order valence-corrected chi connectivity index (χ4v) is 3.39. The molecule has 142 valence electrons. The van der Waals surface area contributed by atoms with E-state index in [1.165, 1.54) is 0 Å². The number of likely N-dealkylation sites (tertiary alicyclic amines) is 1. The van der Waals surface area contributed by atoms with Gasteiger partial charge in [0.05, 0.1) is 11.3 Å². The summed E-state index contributed by atoms with van der Waals surface area (Å²) in [5.41, 5.74) is 2.66. The Kier molecular flexibility index (Phi) is 5.23. The predicted molar refractivity (Wildman–Crippen MR) is 106 cm³/mol. The summed E-state index contributed by atoms with van der Waals surface area (Å²) in [5.74, 6) is 1.43. The molecular formula is C21H22N6O. The number of anilines is 2. The van der Waals surface area contributed by atoms with Crippen molar-refractivity contribution in [2.75, 3.05) is 18.4 Å². The van der Waals surface area contributed by atoms with E-state index in [1.54, 1.807) is 36.9 Å². The number of hydrogen-bond donors (Lipinski definition) is 1. The second-order valence-electron chi connectivity index (χ2n) is 6.98. The van der Waals surface area contributed by atoms with Crippen LogP contribution in [0.5, 0.6) is 0 Å². The second kappa shape index (κ2) is 8.12. The lowest BCUT2D eigenvalue weighted by molar-refractivity contribution is 0.0705. The molecule has 1 N–H and O–H groups in total. The third-order valence-corrected chi connectivity index (χ3v) is 4.86. The van der Waals surface area contributed by atoms with Gasteiger partial charge in [-0.3, -0.25) is 9.78 Å². The van der Waals surface area contributed by atoms with Crippen molar-refractivity contribution in [2.45, 2.75) is 25.7 Å². The molecule has 0 aromatic carbocycles. The summed E-state index contributed by atoms with van der Waals surface area (Å²) >= 11 is 0. The van der Waals surface area contributed by atoms with Gasteiger partial charge in [-0.1, -0.05) is 6.07 Å². The molecule has 7 heteroatoms. The number of rotatable bonds is 4. The Hall–Kier alpha value is -3.35. The SMILES string of the molecule is Cc1ccc(Nc2nccc([C@@H]3CCCN(C(=O)c4cccnc4)C3)n2)nc1. The molecule has 0 saturated carbocycles. The van der Waals surface area contributed by atoms with Crippen LogP contribution in [-0.2, 0) is 0 Å². The third kappa shape index (κ3) is 4.14. The minimum Gasteiger partial charge on any atom is -0.338 e. The van der Waals surface area contributed by atoms with Crippen molar-refractivity contribution in [2.24, 2.45) is 0 Å². The highest BCUT2D eigenvalue weighted by atomic mass is 16.2. The first-order valence-electron chi connectivity index (χ1n) is 9.41. The molecule has 1 amide bonds. The van der Waals surface area contributed by atoms with Crippen LogP contribution in [0.2, 0.25) is 0 Å². The molecule has 28 heavy (non-hydrogen) atoms. The Labute approximate surface area is 163 Å². The molecule has 3 aromatic rings. The number of carbonyl (C=O) groups is 1. The highest BCUT2D eigenvalue weighted by molar-refractivity contribution is 5.94. The minimum atomic E-state index is 0.0223. The average Bonchev–Trinajstić information content (AvgIpc) is 2.76. The van der Waals surface area contributed by atoms with Crippen molar-refractivity contribution in [3.8, 4) is 0 Å². The molecule has 1 aliphatic rings. The molecule has 4 rings (SSSR count). The van der Waals surface area contributed by atoms with E-state index in [4.69, 9.17) is 0 Å². The van der Waals surface area contributed by atoms with Gasteiger partial charge in [-0.25, -0.2) is 15.0 Å². The van der Waals surface area contributed by atoms with Gasteiger partial charge < -0.3 is 10.2 Å². The van der Waals surface area contributed by atoms with Gasteiger partial charge in [-0.05, 0) is 49.6 Å². The standard InChI is InChI=1S/C21H22N6O/c1-15-6-7-19(24-12-15)26-21-23-10-8-18(25-21)17-5-3-11-27(14-17)20(28)16-4-2-9-22-13-16/h2,4,6-10,12-13,17H,3,5,11,14H2,1H3,(H,23,24,25,26)/t17-/m1/s1. The highest BCUT2D eigenvalue weighted by Crippen LogP contribution is 2.27. The summed E-state index contributed by atoms with van der Waals surface area (Å²) in [5, 5.41) is 3.15. The molecule has 1 aliphatic heterocycles. The Balaban J connectivity index is 1.47. The van der Waals surface area contributed by atoms with E-state index < -0.39 is 0 Å². The van der Waals surface area contributed by atoms with E-state index >= 15 is 0 Å². The summed E-state index contributed by atoms with van der Waals surface area (Å²) in [6.45, 7) is 3.40. The van der Waals surface area contributed by atoms with E-state index in [1.807, 2.05) is 30.0 Å². The van der Waals surface area contributed by atoms with Crippen LogP contribution in [-0.4, -0.2) is 43.8 Å². The van der Waals surface area contributed by atoms with Crippen molar-refractivity contribution in [3.05, 3.63) is 71.9 Å². The van der Waals surface area contributed by atoms with Gasteiger partial charge in [0.1, 0.15) is 5.82 Å². The third-order valence-electron chi connectivity index (χ3n) is 4.86. The number of nitrogens with zero attached hydrogens (tertiary/aromatic N) is 5. The van der Waals surface area contributed by atoms with Crippen LogP contribution in [0, 0.1) is 6.92 Å². The maximum absolute atomic E-state index is 12.7. The van der Waals surface area contributed by atoms with E-state index in [2.05, 4.69) is 25.3 Å². The normalized spacial score (nSPS) is 16.6. The topological polar surface area (TPSA) is 83.9 Å². The second-order valence-corrected chi connectivity index (χ2v) is 6.98. The predicted octanol–water partition coefficient (Wildman–Crippen LogP) is 3.34. The quantitative estimate of drug-likeness (QED) is 0.754. The van der Waals surface area contributed by atoms with Gasteiger partial charge in [0.25, 0.3) is 5.91 Å². The molecule has 7 nitrogen and oxygen atoms in total. The molecule has 0 aliphatic carbocycles. The fraction of sp³-hybridized carbons (Fsp3) is 0.286. The molecule has 0 bridgehead atoms. The first kappa shape index (κ1) is 18.0. The lowest BCUT2D eigenvalue weighted by atomic mass is 9.94. The van der Waals surface area contributed by atoms with E-state index in [-0.39, 0.29) is 11.8 Å². The van der Waals surface area contributed by atoms with Crippen LogP contribution >= 0.6 is 0 Å². The number of aryl methyl sites for hydroxylation is 1. The maximum atomic E-state index is 12.7. The molecule has 4 heterocycles. The van der Waals surface area contributed by atoms with Crippen LogP contribution in [0.25, 0.3) is 0 Å². The molecule has 1 fully saturated rings. The van der Waals surface area contributed by atoms with Gasteiger partial charge in [0.15, 0.2) is 0 Å². The van der Waals surface area contributed by atoms with Gasteiger partial charge in [-0.15, -0.1) is 0 Å². The van der Waals surface area contributed by atoms with Crippen LogP contribution in [0.3, 0.4) is 0 Å². The zero-order chi connectivity index (χ0) is 19.3. The summed E-state index contributed by atoms with van der Waals surface area (Å²) < 4.78 is 0. The number of piperidine rings is 1. The number of carbonyl (C=O) groups excluding carboxylic acids is 1. The molecule has 1 saturated heterocycles. The number of pyridine rings is 2. The van der Waals surface area contributed by atoms with Crippen molar-refractivity contribution in [1.29, 1.82) is 0 Å². The molecule has 3 aromatic heterocycles. The molecule has 1 atom stereocenters. The zero-order valence-corrected chi connectivity index (χ0v) is 15.7. The molecule has 0 unspecified atom stereocenters. The van der Waals surface area contributed by atoms with Gasteiger partial charge in [0.2, 0.25) is 5.95 Å². The van der Waals surface area contributed by atoms with Crippen LogP contribution in [0.4, 0.5) is 11.8 Å².